The molecule has 3 aromatic carbocycles. The van der Waals surface area contributed by atoms with Gasteiger partial charge in [0.1, 0.15) is 11.6 Å². The van der Waals surface area contributed by atoms with E-state index in [1.54, 1.807) is 42.1 Å². The maximum absolute atomic E-state index is 16.0. The lowest BCUT2D eigenvalue weighted by Gasteiger charge is -2.12. The average Bonchev–Trinajstić information content (AvgIpc) is 3.21. The highest BCUT2D eigenvalue weighted by atomic mass is 35.5. The number of rotatable bonds is 5. The zero-order valence-electron chi connectivity index (χ0n) is 19.7. The molecule has 0 aliphatic heterocycles. The van der Waals surface area contributed by atoms with Crippen molar-refractivity contribution in [3.63, 3.8) is 0 Å². The summed E-state index contributed by atoms with van der Waals surface area (Å²) >= 11 is 12.4. The zero-order valence-corrected chi connectivity index (χ0v) is 21.2. The van der Waals surface area contributed by atoms with Crippen molar-refractivity contribution < 1.29 is 4.39 Å². The van der Waals surface area contributed by atoms with Crippen LogP contribution in [-0.4, -0.2) is 19.7 Å². The first-order chi connectivity index (χ1) is 17.2. The number of anilines is 2. The summed E-state index contributed by atoms with van der Waals surface area (Å²) in [7, 11) is 1.73. The number of nitrogens with two attached hydrogens (primary N) is 2. The van der Waals surface area contributed by atoms with Crippen molar-refractivity contribution >= 4 is 45.5 Å². The van der Waals surface area contributed by atoms with Gasteiger partial charge in [-0.1, -0.05) is 36.2 Å². The van der Waals surface area contributed by atoms with Gasteiger partial charge in [0.05, 0.1) is 10.6 Å². The second-order valence-corrected chi connectivity index (χ2v) is 9.48. The fraction of sp³-hybridized carbons (Fsp3) is 0.148. The Hall–Kier alpha value is -3.68. The number of nitrogen functional groups attached to an aromatic ring is 2. The lowest BCUT2D eigenvalue weighted by atomic mass is 9.98. The van der Waals surface area contributed by atoms with E-state index in [0.29, 0.717) is 55.6 Å². The molecule has 0 radical (unpaired) electrons. The Balaban J connectivity index is 1.59. The molecule has 36 heavy (non-hydrogen) atoms. The van der Waals surface area contributed by atoms with Crippen LogP contribution in [0.2, 0.25) is 10.0 Å². The number of hydrogen-bond acceptors (Lipinski definition) is 5. The molecule has 5 aromatic rings. The molecule has 9 heteroatoms. The van der Waals surface area contributed by atoms with Crippen LogP contribution < -0.4 is 11.5 Å². The highest BCUT2D eigenvalue weighted by molar-refractivity contribution is 6.36. The van der Waals surface area contributed by atoms with Gasteiger partial charge in [-0.25, -0.2) is 19.0 Å². The monoisotopic (exact) mass is 520 g/mol. The minimum atomic E-state index is -0.385. The Morgan fingerprint density at radius 3 is 2.50 bits per heavy atom. The summed E-state index contributed by atoms with van der Waals surface area (Å²) in [6.07, 6.45) is 0.979. The molecule has 182 valence electrons. The van der Waals surface area contributed by atoms with Gasteiger partial charge in [-0.2, -0.15) is 5.10 Å². The molecule has 0 aliphatic rings. The molecule has 4 N–H and O–H groups in total. The molecule has 0 amide bonds. The van der Waals surface area contributed by atoms with Crippen LogP contribution in [-0.2, 0) is 19.9 Å². The first-order valence-corrected chi connectivity index (χ1v) is 12.1. The van der Waals surface area contributed by atoms with Crippen LogP contribution in [0.1, 0.15) is 23.7 Å². The number of pyridine rings is 1. The van der Waals surface area contributed by atoms with Crippen LogP contribution in [0.4, 0.5) is 15.9 Å². The highest BCUT2D eigenvalue weighted by Crippen LogP contribution is 2.33. The average molecular weight is 521 g/mol. The first kappa shape index (κ1) is 24.0. The van der Waals surface area contributed by atoms with Crippen molar-refractivity contribution in [2.75, 3.05) is 11.5 Å². The van der Waals surface area contributed by atoms with Crippen LogP contribution >= 0.6 is 23.2 Å². The summed E-state index contributed by atoms with van der Waals surface area (Å²) < 4.78 is 17.5. The Kier molecular flexibility index (Phi) is 6.28. The van der Waals surface area contributed by atoms with Gasteiger partial charge in [0.25, 0.3) is 0 Å². The van der Waals surface area contributed by atoms with Gasteiger partial charge in [-0.05, 0) is 71.5 Å². The SMILES string of the molecule is CCc1cc(Cc2cc3cc(N)ccc3c(N)n2)c(F)c(-c2nc(-c3ccc(Cl)cc3Cl)nn2C)c1. The molecule has 0 saturated carbocycles. The predicted octanol–water partition coefficient (Wildman–Crippen LogP) is 6.46. The van der Waals surface area contributed by atoms with Crippen molar-refractivity contribution in [3.8, 4) is 22.8 Å². The Morgan fingerprint density at radius 2 is 1.75 bits per heavy atom. The summed E-state index contributed by atoms with van der Waals surface area (Å²) in [5.74, 6) is 0.777. The van der Waals surface area contributed by atoms with Gasteiger partial charge >= 0.3 is 0 Å². The second-order valence-electron chi connectivity index (χ2n) is 8.63. The van der Waals surface area contributed by atoms with Gasteiger partial charge in [0.15, 0.2) is 11.6 Å². The summed E-state index contributed by atoms with van der Waals surface area (Å²) in [6, 6.07) is 16.1. The fourth-order valence-electron chi connectivity index (χ4n) is 4.30. The Bertz CT molecular complexity index is 1630. The highest BCUT2D eigenvalue weighted by Gasteiger charge is 2.20. The molecule has 0 aliphatic carbocycles. The van der Waals surface area contributed by atoms with E-state index in [1.165, 1.54) is 0 Å². The normalized spacial score (nSPS) is 11.4. The lowest BCUT2D eigenvalue weighted by Crippen LogP contribution is -2.04. The van der Waals surface area contributed by atoms with Crippen LogP contribution in [0.5, 0.6) is 0 Å². The number of aromatic nitrogens is 4. The zero-order chi connectivity index (χ0) is 25.6. The minimum absolute atomic E-state index is 0.259. The Labute approximate surface area is 217 Å². The molecule has 0 spiro atoms. The van der Waals surface area contributed by atoms with Crippen molar-refractivity contribution in [2.45, 2.75) is 19.8 Å². The standard InChI is InChI=1S/C27H23Cl2FN6/c1-3-14-8-16(12-19-11-15-10-18(31)5-7-20(15)25(32)33-19)24(30)22(9-14)27-34-26(35-36(27)2)21-6-4-17(28)13-23(21)29/h4-11,13H,3,12,31H2,1-2H3,(H2,32,33). The molecule has 0 bridgehead atoms. The maximum Gasteiger partial charge on any atom is 0.183 e. The van der Waals surface area contributed by atoms with Crippen molar-refractivity contribution in [1.82, 2.24) is 19.7 Å². The van der Waals surface area contributed by atoms with Crippen LogP contribution in [0.15, 0.2) is 54.6 Å². The van der Waals surface area contributed by atoms with Gasteiger partial charge in [-0.3, -0.25) is 0 Å². The minimum Gasteiger partial charge on any atom is -0.399 e. The molecule has 0 unspecified atom stereocenters. The fourth-order valence-corrected chi connectivity index (χ4v) is 4.79. The predicted molar refractivity (Wildman–Crippen MR) is 145 cm³/mol. The molecular weight excluding hydrogens is 498 g/mol. The summed E-state index contributed by atoms with van der Waals surface area (Å²) in [6.45, 7) is 2.02. The number of hydrogen-bond donors (Lipinski definition) is 2. The molecule has 5 rings (SSSR count). The topological polar surface area (TPSA) is 95.6 Å². The number of halogens is 3. The molecule has 0 atom stereocenters. The van der Waals surface area contributed by atoms with Crippen LogP contribution in [0, 0.1) is 5.82 Å². The third kappa shape index (κ3) is 4.47. The van der Waals surface area contributed by atoms with E-state index in [0.717, 1.165) is 22.8 Å². The maximum atomic E-state index is 16.0. The molecular formula is C27H23Cl2FN6. The molecule has 2 aromatic heterocycles. The summed E-state index contributed by atoms with van der Waals surface area (Å²) in [4.78, 5) is 9.14. The van der Waals surface area contributed by atoms with Gasteiger partial charge in [0, 0.05) is 40.8 Å². The molecule has 2 heterocycles. The van der Waals surface area contributed by atoms with Crippen molar-refractivity contribution in [3.05, 3.63) is 87.3 Å². The molecule has 0 saturated heterocycles. The van der Waals surface area contributed by atoms with E-state index in [1.807, 2.05) is 31.2 Å². The van der Waals surface area contributed by atoms with Crippen molar-refractivity contribution in [2.24, 2.45) is 7.05 Å². The van der Waals surface area contributed by atoms with Crippen LogP contribution in [0.25, 0.3) is 33.5 Å². The first-order valence-electron chi connectivity index (χ1n) is 11.4. The lowest BCUT2D eigenvalue weighted by molar-refractivity contribution is 0.612. The van der Waals surface area contributed by atoms with Gasteiger partial charge in [0.2, 0.25) is 0 Å². The number of benzene rings is 3. The number of fused-ring (bicyclic) bond motifs is 1. The van der Waals surface area contributed by atoms with Gasteiger partial charge in [-0.15, -0.1) is 0 Å². The quantitative estimate of drug-likeness (QED) is 0.259. The molecule has 6 nitrogen and oxygen atoms in total. The van der Waals surface area contributed by atoms with E-state index in [9.17, 15) is 0 Å². The number of nitrogens with zero attached hydrogens (tertiary/aromatic N) is 4. The largest absolute Gasteiger partial charge is 0.399 e. The summed E-state index contributed by atoms with van der Waals surface area (Å²) in [5.41, 5.74) is 15.8. The van der Waals surface area contributed by atoms with E-state index >= 15 is 4.39 Å². The Morgan fingerprint density at radius 1 is 0.944 bits per heavy atom. The van der Waals surface area contributed by atoms with E-state index in [-0.39, 0.29) is 12.2 Å². The molecule has 0 fully saturated rings. The summed E-state index contributed by atoms with van der Waals surface area (Å²) in [5, 5.41) is 7.09. The van der Waals surface area contributed by atoms with E-state index in [4.69, 9.17) is 34.7 Å². The third-order valence-corrected chi connectivity index (χ3v) is 6.65. The second kappa shape index (κ2) is 9.41. The van der Waals surface area contributed by atoms with Crippen LogP contribution in [0.3, 0.4) is 0 Å². The van der Waals surface area contributed by atoms with Gasteiger partial charge < -0.3 is 11.5 Å². The van der Waals surface area contributed by atoms with E-state index < -0.39 is 0 Å². The van der Waals surface area contributed by atoms with E-state index in [2.05, 4.69) is 15.1 Å². The number of aryl methyl sites for hydroxylation is 2. The van der Waals surface area contributed by atoms with Crippen molar-refractivity contribution in [1.29, 1.82) is 0 Å². The smallest absolute Gasteiger partial charge is 0.183 e. The third-order valence-electron chi connectivity index (χ3n) is 6.10.